The highest BCUT2D eigenvalue weighted by atomic mass is 16.7. The molecule has 3 rings (SSSR count). The van der Waals surface area contributed by atoms with Crippen LogP contribution in [0.3, 0.4) is 0 Å². The Morgan fingerprint density at radius 2 is 1.30 bits per heavy atom. The zero-order valence-electron chi connectivity index (χ0n) is 22.3. The van der Waals surface area contributed by atoms with Crippen molar-refractivity contribution in [3.8, 4) is 0 Å². The normalized spacial score (nSPS) is 34.6. The van der Waals surface area contributed by atoms with Crippen molar-refractivity contribution in [1.82, 2.24) is 0 Å². The molecule has 2 aliphatic heterocycles. The Hall–Kier alpha value is -3.79. The number of carboxylic acids is 1. The van der Waals surface area contributed by atoms with E-state index in [0.29, 0.717) is 0 Å². The summed E-state index contributed by atoms with van der Waals surface area (Å²) >= 11 is 0. The molecule has 1 saturated carbocycles. The zero-order chi connectivity index (χ0) is 29.9. The Bertz CT molecular complexity index is 1050. The number of rotatable bonds is 9. The lowest BCUT2D eigenvalue weighted by Gasteiger charge is -2.46. The summed E-state index contributed by atoms with van der Waals surface area (Å²) in [6, 6.07) is 0. The number of aliphatic carboxylic acids is 1. The van der Waals surface area contributed by atoms with E-state index in [4.69, 9.17) is 37.9 Å². The van der Waals surface area contributed by atoms with Crippen molar-refractivity contribution in [3.05, 3.63) is 0 Å². The van der Waals surface area contributed by atoms with Gasteiger partial charge in [0, 0.05) is 41.0 Å². The summed E-state index contributed by atoms with van der Waals surface area (Å²) in [5.41, 5.74) is 0. The lowest BCUT2D eigenvalue weighted by Crippen LogP contribution is -2.64. The number of fused-ring (bicyclic) bond motifs is 2. The lowest BCUT2D eigenvalue weighted by molar-refractivity contribution is -0.323. The summed E-state index contributed by atoms with van der Waals surface area (Å²) in [5.74, 6) is -9.46. The van der Waals surface area contributed by atoms with E-state index >= 15 is 0 Å². The van der Waals surface area contributed by atoms with Gasteiger partial charge in [0.05, 0.1) is 6.10 Å². The molecule has 2 heterocycles. The van der Waals surface area contributed by atoms with Gasteiger partial charge < -0.3 is 43.0 Å². The van der Waals surface area contributed by atoms with Crippen molar-refractivity contribution in [2.24, 2.45) is 11.8 Å². The maximum Gasteiger partial charge on any atom is 0.314 e. The van der Waals surface area contributed by atoms with E-state index in [2.05, 4.69) is 0 Å². The van der Waals surface area contributed by atoms with Crippen molar-refractivity contribution < 1.29 is 76.6 Å². The molecule has 3 fully saturated rings. The van der Waals surface area contributed by atoms with Crippen molar-refractivity contribution in [1.29, 1.82) is 0 Å². The maximum atomic E-state index is 12.5. The topological polar surface area (TPSA) is 214 Å². The minimum atomic E-state index is -1.67. The van der Waals surface area contributed by atoms with Crippen LogP contribution in [0, 0.1) is 11.8 Å². The minimum absolute atomic E-state index is 0.260. The van der Waals surface area contributed by atoms with Gasteiger partial charge in [-0.1, -0.05) is 0 Å². The minimum Gasteiger partial charge on any atom is -0.481 e. The summed E-state index contributed by atoms with van der Waals surface area (Å²) in [5, 5.41) is 10.0. The van der Waals surface area contributed by atoms with E-state index in [1.165, 1.54) is 0 Å². The monoisotopic (exact) mass is 574 g/mol. The molecule has 0 spiro atoms. The summed E-state index contributed by atoms with van der Waals surface area (Å²) in [6.07, 6.45) is -11.4. The third-order valence-corrected chi connectivity index (χ3v) is 6.36. The Labute approximate surface area is 227 Å². The van der Waals surface area contributed by atoms with Crippen molar-refractivity contribution in [3.63, 3.8) is 0 Å². The predicted octanol–water partition coefficient (Wildman–Crippen LogP) is -0.967. The Morgan fingerprint density at radius 3 is 1.82 bits per heavy atom. The number of ether oxygens (including phenoxy) is 8. The van der Waals surface area contributed by atoms with Crippen LogP contribution < -0.4 is 0 Å². The van der Waals surface area contributed by atoms with Gasteiger partial charge in [-0.05, 0) is 0 Å². The summed E-state index contributed by atoms with van der Waals surface area (Å²) in [4.78, 5) is 83.8. The Kier molecular flexibility index (Phi) is 9.68. The molecule has 16 heteroatoms. The van der Waals surface area contributed by atoms with Gasteiger partial charge in [0.1, 0.15) is 30.7 Å². The molecule has 0 unspecified atom stereocenters. The lowest BCUT2D eigenvalue weighted by atomic mass is 9.75. The van der Waals surface area contributed by atoms with E-state index < -0.39 is 109 Å². The first-order chi connectivity index (χ1) is 18.7. The molecule has 0 aromatic carbocycles. The smallest absolute Gasteiger partial charge is 0.314 e. The van der Waals surface area contributed by atoms with Gasteiger partial charge >= 0.3 is 41.8 Å². The van der Waals surface area contributed by atoms with Gasteiger partial charge in [-0.3, -0.25) is 33.6 Å². The van der Waals surface area contributed by atoms with E-state index in [1.54, 1.807) is 0 Å². The first-order valence-corrected chi connectivity index (χ1v) is 12.3. The van der Waals surface area contributed by atoms with Crippen molar-refractivity contribution in [2.45, 2.75) is 90.1 Å². The number of carboxylic acid groups (broad SMARTS) is 1. The molecule has 16 nitrogen and oxygen atoms in total. The molecule has 0 radical (unpaired) electrons. The van der Waals surface area contributed by atoms with Crippen LogP contribution in [0.5, 0.6) is 0 Å². The first-order valence-electron chi connectivity index (χ1n) is 12.3. The number of hydrogen-bond acceptors (Lipinski definition) is 15. The third-order valence-electron chi connectivity index (χ3n) is 6.36. The molecule has 40 heavy (non-hydrogen) atoms. The number of carbonyl (C=O) groups excluding carboxylic acids is 6. The van der Waals surface area contributed by atoms with Crippen LogP contribution in [0.4, 0.5) is 0 Å². The molecule has 222 valence electrons. The molecule has 0 aromatic heterocycles. The average molecular weight is 574 g/mol. The van der Waals surface area contributed by atoms with E-state index in [9.17, 15) is 38.7 Å². The number of hydrogen-bond donors (Lipinski definition) is 1. The summed E-state index contributed by atoms with van der Waals surface area (Å²) < 4.78 is 43.2. The highest BCUT2D eigenvalue weighted by Crippen LogP contribution is 2.44. The van der Waals surface area contributed by atoms with Gasteiger partial charge in [0.25, 0.3) is 0 Å². The summed E-state index contributed by atoms with van der Waals surface area (Å²) in [6.45, 7) is 4.81. The van der Waals surface area contributed by atoms with Gasteiger partial charge in [0.15, 0.2) is 30.7 Å². The number of esters is 6. The molecule has 1 N–H and O–H groups in total. The second-order valence-corrected chi connectivity index (χ2v) is 9.42. The second-order valence-electron chi connectivity index (χ2n) is 9.42. The van der Waals surface area contributed by atoms with E-state index in [0.717, 1.165) is 34.6 Å². The highest BCUT2D eigenvalue weighted by molar-refractivity contribution is 5.85. The van der Waals surface area contributed by atoms with Crippen LogP contribution in [0.1, 0.15) is 41.0 Å². The zero-order valence-corrected chi connectivity index (χ0v) is 22.3. The van der Waals surface area contributed by atoms with Gasteiger partial charge in [-0.25, -0.2) is 0 Å². The quantitative estimate of drug-likeness (QED) is 0.259. The van der Waals surface area contributed by atoms with Gasteiger partial charge in [0.2, 0.25) is 0 Å². The van der Waals surface area contributed by atoms with Crippen LogP contribution >= 0.6 is 0 Å². The van der Waals surface area contributed by atoms with E-state index in [-0.39, 0.29) is 6.42 Å². The fourth-order valence-electron chi connectivity index (χ4n) is 5.06. The maximum absolute atomic E-state index is 12.5. The fraction of sp³-hybridized carbons (Fsp3) is 0.708. The third kappa shape index (κ3) is 7.04. The molecule has 2 bridgehead atoms. The predicted molar refractivity (Wildman–Crippen MR) is 121 cm³/mol. The molecular formula is C24H30O16. The molecule has 1 aliphatic carbocycles. The second kappa shape index (κ2) is 12.6. The van der Waals surface area contributed by atoms with Crippen molar-refractivity contribution >= 4 is 41.8 Å². The SMILES string of the molecule is CC(=O)OC[C@H]1O[C@@H](O[C@H]2C[C@H]3OC(=O)[C@H]([C@H]3OC(C)=O)[C@H]2C(=O)O)[C@H](OC(C)=O)[C@@H](OC(C)=O)[C@@H]1OC(C)=O. The van der Waals surface area contributed by atoms with Gasteiger partial charge in [-0.2, -0.15) is 0 Å². The fourth-order valence-corrected chi connectivity index (χ4v) is 5.06. The number of carbonyl (C=O) groups is 7. The largest absolute Gasteiger partial charge is 0.481 e. The van der Waals surface area contributed by atoms with Crippen LogP contribution in [0.15, 0.2) is 0 Å². The van der Waals surface area contributed by atoms with E-state index in [1.807, 2.05) is 0 Å². The highest BCUT2D eigenvalue weighted by Gasteiger charge is 2.62. The van der Waals surface area contributed by atoms with Crippen molar-refractivity contribution in [2.75, 3.05) is 6.61 Å². The molecule has 3 aliphatic rings. The van der Waals surface area contributed by atoms with Crippen LogP contribution in [-0.2, 0) is 71.5 Å². The molecule has 2 saturated heterocycles. The standard InChI is InChI=1S/C24H30O16/c1-8(25)33-7-15-19(35-10(3)27)20(36-11(4)28)21(37-12(5)29)24(40-15)39-13-6-14-18(34-9(2)26)17(23(32)38-14)16(13)22(30)31/h13-21,24H,6-7H2,1-5H3,(H,30,31)/t13-,14+,15+,16-,17-,18-,19+,20-,21+,24+/m0/s1. The van der Waals surface area contributed by atoms with Gasteiger partial charge in [-0.15, -0.1) is 0 Å². The Morgan fingerprint density at radius 1 is 0.775 bits per heavy atom. The van der Waals surface area contributed by atoms with Crippen LogP contribution in [-0.4, -0.2) is 103 Å². The van der Waals surface area contributed by atoms with Crippen LogP contribution in [0.2, 0.25) is 0 Å². The Balaban J connectivity index is 2.00. The molecule has 0 amide bonds. The molecule has 0 aromatic rings. The van der Waals surface area contributed by atoms with Crippen LogP contribution in [0.25, 0.3) is 0 Å². The molecule has 10 atom stereocenters. The molecular weight excluding hydrogens is 544 g/mol. The summed E-state index contributed by atoms with van der Waals surface area (Å²) in [7, 11) is 0. The first kappa shape index (κ1) is 30.7. The average Bonchev–Trinajstić information content (AvgIpc) is 3.00.